The van der Waals surface area contributed by atoms with Gasteiger partial charge in [0.25, 0.3) is 0 Å². The van der Waals surface area contributed by atoms with E-state index in [0.717, 1.165) is 11.3 Å². The highest BCUT2D eigenvalue weighted by atomic mass is 16.4. The molecule has 0 saturated carbocycles. The zero-order valence-corrected chi connectivity index (χ0v) is 15.3. The van der Waals surface area contributed by atoms with Crippen molar-refractivity contribution in [3.05, 3.63) is 66.7 Å². The molecule has 6 heteroatoms. The first-order valence-corrected chi connectivity index (χ1v) is 8.67. The molecule has 3 rings (SSSR count). The Morgan fingerprint density at radius 3 is 2.44 bits per heavy atom. The number of hydrogen-bond donors (Lipinski definition) is 1. The first kappa shape index (κ1) is 18.4. The molecule has 2 amide bonds. The molecule has 0 unspecified atom stereocenters. The van der Waals surface area contributed by atoms with Gasteiger partial charge in [0, 0.05) is 43.8 Å². The standard InChI is InChI=1S/C21H21N3O3/c1-15(25)24(2)18-10-8-17(9-11-18)23-20(26)12-13-21-22-14-19(27-21)16-6-4-3-5-7-16/h3-11,14H,12-13H2,1-2H3,(H,23,26). The van der Waals surface area contributed by atoms with Crippen molar-refractivity contribution >= 4 is 23.2 Å². The van der Waals surface area contributed by atoms with Crippen molar-refractivity contribution in [3.63, 3.8) is 0 Å². The van der Waals surface area contributed by atoms with E-state index in [0.29, 0.717) is 23.8 Å². The number of carbonyl (C=O) groups is 2. The average molecular weight is 363 g/mol. The first-order valence-electron chi connectivity index (χ1n) is 8.67. The Bertz CT molecular complexity index is 917. The highest BCUT2D eigenvalue weighted by Gasteiger charge is 2.10. The Labute approximate surface area is 157 Å². The molecule has 2 aromatic carbocycles. The monoisotopic (exact) mass is 363 g/mol. The summed E-state index contributed by atoms with van der Waals surface area (Å²) in [5.41, 5.74) is 2.41. The minimum atomic E-state index is -0.123. The van der Waals surface area contributed by atoms with E-state index in [1.165, 1.54) is 6.92 Å². The highest BCUT2D eigenvalue weighted by Crippen LogP contribution is 2.21. The Kier molecular flexibility index (Phi) is 5.66. The second-order valence-corrected chi connectivity index (χ2v) is 6.16. The molecule has 0 aliphatic heterocycles. The zero-order valence-electron chi connectivity index (χ0n) is 15.3. The molecule has 0 radical (unpaired) electrons. The quantitative estimate of drug-likeness (QED) is 0.721. The van der Waals surface area contributed by atoms with Crippen LogP contribution in [0.25, 0.3) is 11.3 Å². The van der Waals surface area contributed by atoms with Gasteiger partial charge in [-0.05, 0) is 24.3 Å². The molecule has 0 spiro atoms. The molecular weight excluding hydrogens is 342 g/mol. The second kappa shape index (κ2) is 8.31. The molecule has 0 aliphatic rings. The number of aromatic nitrogens is 1. The van der Waals surface area contributed by atoms with E-state index in [2.05, 4.69) is 10.3 Å². The van der Waals surface area contributed by atoms with Gasteiger partial charge in [0.2, 0.25) is 11.8 Å². The first-order chi connectivity index (χ1) is 13.0. The van der Waals surface area contributed by atoms with Gasteiger partial charge in [-0.15, -0.1) is 0 Å². The fourth-order valence-corrected chi connectivity index (χ4v) is 2.56. The summed E-state index contributed by atoms with van der Waals surface area (Å²) in [4.78, 5) is 29.3. The van der Waals surface area contributed by atoms with Gasteiger partial charge >= 0.3 is 0 Å². The fraction of sp³-hybridized carbons (Fsp3) is 0.190. The van der Waals surface area contributed by atoms with E-state index < -0.39 is 0 Å². The van der Waals surface area contributed by atoms with Crippen LogP contribution in [-0.2, 0) is 16.0 Å². The zero-order chi connectivity index (χ0) is 19.2. The van der Waals surface area contributed by atoms with Crippen molar-refractivity contribution in [2.75, 3.05) is 17.3 Å². The van der Waals surface area contributed by atoms with E-state index in [4.69, 9.17) is 4.42 Å². The van der Waals surface area contributed by atoms with Crippen molar-refractivity contribution in [2.45, 2.75) is 19.8 Å². The third-order valence-corrected chi connectivity index (χ3v) is 4.19. The maximum Gasteiger partial charge on any atom is 0.224 e. The van der Waals surface area contributed by atoms with Crippen molar-refractivity contribution in [2.24, 2.45) is 0 Å². The van der Waals surface area contributed by atoms with Crippen molar-refractivity contribution in [1.29, 1.82) is 0 Å². The van der Waals surface area contributed by atoms with E-state index in [1.807, 2.05) is 30.3 Å². The SMILES string of the molecule is CC(=O)N(C)c1ccc(NC(=O)CCc2ncc(-c3ccccc3)o2)cc1. The maximum absolute atomic E-state index is 12.1. The van der Waals surface area contributed by atoms with Crippen molar-refractivity contribution < 1.29 is 14.0 Å². The van der Waals surface area contributed by atoms with Gasteiger partial charge in [0.1, 0.15) is 0 Å². The van der Waals surface area contributed by atoms with Gasteiger partial charge in [-0.1, -0.05) is 30.3 Å². The number of benzene rings is 2. The summed E-state index contributed by atoms with van der Waals surface area (Å²) >= 11 is 0. The number of nitrogens with one attached hydrogen (secondary N) is 1. The molecule has 0 fully saturated rings. The molecule has 1 aromatic heterocycles. The van der Waals surface area contributed by atoms with Gasteiger partial charge in [0.15, 0.2) is 11.7 Å². The predicted octanol–water partition coefficient (Wildman–Crippen LogP) is 3.90. The Morgan fingerprint density at radius 2 is 1.78 bits per heavy atom. The van der Waals surface area contributed by atoms with E-state index >= 15 is 0 Å². The Balaban J connectivity index is 1.53. The predicted molar refractivity (Wildman–Crippen MR) is 104 cm³/mol. The average Bonchev–Trinajstić information content (AvgIpc) is 3.16. The van der Waals surface area contributed by atoms with E-state index in [9.17, 15) is 9.59 Å². The second-order valence-electron chi connectivity index (χ2n) is 6.16. The fourth-order valence-electron chi connectivity index (χ4n) is 2.56. The largest absolute Gasteiger partial charge is 0.441 e. The molecule has 0 saturated heterocycles. The molecule has 1 heterocycles. The van der Waals surface area contributed by atoms with Crippen molar-refractivity contribution in [1.82, 2.24) is 4.98 Å². The summed E-state index contributed by atoms with van der Waals surface area (Å²) < 4.78 is 5.71. The van der Waals surface area contributed by atoms with E-state index in [1.54, 1.807) is 42.4 Å². The van der Waals surface area contributed by atoms with Gasteiger partial charge in [-0.2, -0.15) is 0 Å². The third kappa shape index (κ3) is 4.82. The van der Waals surface area contributed by atoms with Gasteiger partial charge in [-0.3, -0.25) is 9.59 Å². The van der Waals surface area contributed by atoms with E-state index in [-0.39, 0.29) is 18.2 Å². The lowest BCUT2D eigenvalue weighted by Crippen LogP contribution is -2.22. The minimum absolute atomic E-state index is 0.0485. The number of nitrogens with zero attached hydrogens (tertiary/aromatic N) is 2. The van der Waals surface area contributed by atoms with Crippen LogP contribution in [0.1, 0.15) is 19.2 Å². The lowest BCUT2D eigenvalue weighted by Gasteiger charge is -2.15. The third-order valence-electron chi connectivity index (χ3n) is 4.19. The van der Waals surface area contributed by atoms with Crippen LogP contribution in [0.2, 0.25) is 0 Å². The summed E-state index contributed by atoms with van der Waals surface area (Å²) in [5, 5.41) is 2.83. The van der Waals surface area contributed by atoms with Crippen LogP contribution in [0.5, 0.6) is 0 Å². The molecule has 0 atom stereocenters. The number of oxazole rings is 1. The number of carbonyl (C=O) groups excluding carboxylic acids is 2. The normalized spacial score (nSPS) is 10.4. The summed E-state index contributed by atoms with van der Waals surface area (Å²) in [6, 6.07) is 16.8. The Hall–Kier alpha value is -3.41. The van der Waals surface area contributed by atoms with Crippen molar-refractivity contribution in [3.8, 4) is 11.3 Å². The molecule has 27 heavy (non-hydrogen) atoms. The van der Waals surface area contributed by atoms with Crippen LogP contribution in [-0.4, -0.2) is 23.8 Å². The topological polar surface area (TPSA) is 75.4 Å². The Morgan fingerprint density at radius 1 is 1.07 bits per heavy atom. The van der Waals surface area contributed by atoms with Crippen LogP contribution in [0.3, 0.4) is 0 Å². The number of amides is 2. The van der Waals surface area contributed by atoms with Crippen LogP contribution >= 0.6 is 0 Å². The smallest absolute Gasteiger partial charge is 0.224 e. The molecule has 6 nitrogen and oxygen atoms in total. The number of aryl methyl sites for hydroxylation is 1. The highest BCUT2D eigenvalue weighted by molar-refractivity contribution is 5.93. The number of hydrogen-bond acceptors (Lipinski definition) is 4. The summed E-state index contributed by atoms with van der Waals surface area (Å²) in [6.45, 7) is 1.50. The van der Waals surface area contributed by atoms with Crippen LogP contribution < -0.4 is 10.2 Å². The molecule has 1 N–H and O–H groups in total. The maximum atomic E-state index is 12.1. The minimum Gasteiger partial charge on any atom is -0.441 e. The number of anilines is 2. The summed E-state index contributed by atoms with van der Waals surface area (Å²) in [7, 11) is 1.70. The molecule has 138 valence electrons. The molecule has 3 aromatic rings. The number of rotatable bonds is 6. The molecule has 0 bridgehead atoms. The summed E-state index contributed by atoms with van der Waals surface area (Å²) in [6.07, 6.45) is 2.36. The van der Waals surface area contributed by atoms with Gasteiger partial charge < -0.3 is 14.6 Å². The van der Waals surface area contributed by atoms with Gasteiger partial charge in [0.05, 0.1) is 6.20 Å². The lowest BCUT2D eigenvalue weighted by molar-refractivity contribution is -0.117. The lowest BCUT2D eigenvalue weighted by atomic mass is 10.2. The molecule has 0 aliphatic carbocycles. The molecular formula is C21H21N3O3. The van der Waals surface area contributed by atoms with Gasteiger partial charge in [-0.25, -0.2) is 4.98 Å². The van der Waals surface area contributed by atoms with Crippen LogP contribution in [0.4, 0.5) is 11.4 Å². The van der Waals surface area contributed by atoms with Crippen LogP contribution in [0, 0.1) is 0 Å². The summed E-state index contributed by atoms with van der Waals surface area (Å²) in [5.74, 6) is 1.05. The van der Waals surface area contributed by atoms with Crippen LogP contribution in [0.15, 0.2) is 65.2 Å².